The predicted molar refractivity (Wildman–Crippen MR) is 108 cm³/mol. The van der Waals surface area contributed by atoms with Crippen LogP contribution in [0.15, 0.2) is 48.5 Å². The zero-order chi connectivity index (χ0) is 22.0. The molecule has 31 heavy (non-hydrogen) atoms. The number of halogens is 3. The highest BCUT2D eigenvalue weighted by atomic mass is 19.4. The number of nitrogens with one attached hydrogen (secondary N) is 1. The number of nitrogens with zero attached hydrogens (tertiary/aromatic N) is 1. The summed E-state index contributed by atoms with van der Waals surface area (Å²) in [6.07, 6.45) is -1.62. The lowest BCUT2D eigenvalue weighted by Crippen LogP contribution is -2.32. The molecule has 1 heterocycles. The van der Waals surface area contributed by atoms with Gasteiger partial charge in [-0.15, -0.1) is 0 Å². The largest absolute Gasteiger partial charge is 0.416 e. The van der Waals surface area contributed by atoms with E-state index in [0.717, 1.165) is 31.4 Å². The lowest BCUT2D eigenvalue weighted by atomic mass is 10.1. The van der Waals surface area contributed by atoms with Crippen LogP contribution in [0.3, 0.4) is 0 Å². The Bertz CT molecular complexity index is 949. The molecule has 4 rings (SSSR count). The van der Waals surface area contributed by atoms with Crippen LogP contribution in [0.2, 0.25) is 0 Å². The average molecular weight is 432 g/mol. The van der Waals surface area contributed by atoms with Crippen molar-refractivity contribution in [2.24, 2.45) is 0 Å². The van der Waals surface area contributed by atoms with Crippen LogP contribution in [0.25, 0.3) is 0 Å². The Kier molecular flexibility index (Phi) is 6.00. The minimum absolute atomic E-state index is 0.0694. The van der Waals surface area contributed by atoms with E-state index in [2.05, 4.69) is 5.32 Å². The Morgan fingerprint density at radius 3 is 2.42 bits per heavy atom. The molecule has 5 nitrogen and oxygen atoms in total. The fourth-order valence-corrected chi connectivity index (χ4v) is 3.65. The van der Waals surface area contributed by atoms with Gasteiger partial charge in [0.2, 0.25) is 0 Å². The molecule has 0 spiro atoms. The number of carbonyl (C=O) groups excluding carboxylic acids is 2. The smallest absolute Gasteiger partial charge is 0.368 e. The third-order valence-electron chi connectivity index (χ3n) is 5.48. The number of hydrogen-bond acceptors (Lipinski definition) is 3. The van der Waals surface area contributed by atoms with Crippen molar-refractivity contribution in [2.45, 2.75) is 50.6 Å². The molecule has 0 aromatic heterocycles. The molecule has 1 aliphatic heterocycles. The Labute approximate surface area is 178 Å². The van der Waals surface area contributed by atoms with E-state index in [1.807, 2.05) is 0 Å². The van der Waals surface area contributed by atoms with Gasteiger partial charge < -0.3 is 15.0 Å². The summed E-state index contributed by atoms with van der Waals surface area (Å²) in [6.45, 7) is 0.797. The first-order valence-electron chi connectivity index (χ1n) is 10.3. The number of alkyl halides is 3. The predicted octanol–water partition coefficient (Wildman–Crippen LogP) is 4.63. The molecule has 0 bridgehead atoms. The maximum Gasteiger partial charge on any atom is 0.416 e. The fourth-order valence-electron chi connectivity index (χ4n) is 3.65. The van der Waals surface area contributed by atoms with Crippen molar-refractivity contribution in [1.82, 2.24) is 4.90 Å². The van der Waals surface area contributed by atoms with Gasteiger partial charge in [0.25, 0.3) is 11.8 Å². The molecule has 2 aliphatic rings. The number of benzene rings is 2. The van der Waals surface area contributed by atoms with Gasteiger partial charge in [-0.3, -0.25) is 9.59 Å². The molecule has 1 saturated carbocycles. The zero-order valence-electron chi connectivity index (χ0n) is 16.8. The fraction of sp³-hybridized carbons (Fsp3) is 0.391. The molecular weight excluding hydrogens is 409 g/mol. The van der Waals surface area contributed by atoms with Crippen molar-refractivity contribution in [3.05, 3.63) is 65.2 Å². The van der Waals surface area contributed by atoms with E-state index in [1.54, 1.807) is 29.2 Å². The van der Waals surface area contributed by atoms with Crippen LogP contribution >= 0.6 is 0 Å². The second-order valence-corrected chi connectivity index (χ2v) is 7.93. The van der Waals surface area contributed by atoms with Crippen LogP contribution in [0, 0.1) is 0 Å². The van der Waals surface area contributed by atoms with Crippen molar-refractivity contribution in [3.8, 4) is 0 Å². The Morgan fingerprint density at radius 2 is 1.81 bits per heavy atom. The minimum Gasteiger partial charge on any atom is -0.368 e. The summed E-state index contributed by atoms with van der Waals surface area (Å²) in [5.41, 5.74) is 0.854. The summed E-state index contributed by atoms with van der Waals surface area (Å²) in [7, 11) is 0. The number of anilines is 1. The average Bonchev–Trinajstić information content (AvgIpc) is 3.43. The van der Waals surface area contributed by atoms with Crippen LogP contribution in [0.4, 0.5) is 18.9 Å². The second kappa shape index (κ2) is 8.70. The standard InChI is InChI=1S/C23H23F3N2O3/c24-23(25,26)17-8-6-15(7-9-17)14-28(19-10-11-19)22(30)16-3-1-4-18(13-16)27-21(29)20-5-2-12-31-20/h1,3-4,6-9,13,19-20H,2,5,10-12,14H2,(H,27,29). The number of carbonyl (C=O) groups is 2. The van der Waals surface area contributed by atoms with Crippen LogP contribution in [-0.2, 0) is 22.3 Å². The quantitative estimate of drug-likeness (QED) is 0.724. The Hall–Kier alpha value is -2.87. The molecule has 2 amide bonds. The van der Waals surface area contributed by atoms with Gasteiger partial charge in [-0.25, -0.2) is 0 Å². The first kappa shape index (κ1) is 21.4. The molecule has 2 aromatic carbocycles. The van der Waals surface area contributed by atoms with Gasteiger partial charge in [-0.05, 0) is 61.6 Å². The maximum atomic E-state index is 13.2. The molecule has 1 atom stereocenters. The molecule has 0 radical (unpaired) electrons. The number of amides is 2. The summed E-state index contributed by atoms with van der Waals surface area (Å²) in [5, 5.41) is 2.79. The van der Waals surface area contributed by atoms with Gasteiger partial charge >= 0.3 is 6.18 Å². The van der Waals surface area contributed by atoms with E-state index in [4.69, 9.17) is 4.74 Å². The van der Waals surface area contributed by atoms with Gasteiger partial charge in [0.1, 0.15) is 6.10 Å². The van der Waals surface area contributed by atoms with Gasteiger partial charge in [0.05, 0.1) is 5.56 Å². The normalized spacial score (nSPS) is 18.6. The van der Waals surface area contributed by atoms with Crippen molar-refractivity contribution >= 4 is 17.5 Å². The Morgan fingerprint density at radius 1 is 1.06 bits per heavy atom. The summed E-state index contributed by atoms with van der Waals surface area (Å²) >= 11 is 0. The van der Waals surface area contributed by atoms with Crippen molar-refractivity contribution in [3.63, 3.8) is 0 Å². The van der Waals surface area contributed by atoms with Gasteiger partial charge in [-0.2, -0.15) is 13.2 Å². The highest BCUT2D eigenvalue weighted by molar-refractivity contribution is 5.98. The first-order chi connectivity index (χ1) is 14.8. The first-order valence-corrected chi connectivity index (χ1v) is 10.3. The molecule has 1 saturated heterocycles. The topological polar surface area (TPSA) is 58.6 Å². The van der Waals surface area contributed by atoms with Crippen LogP contribution in [0.5, 0.6) is 0 Å². The molecule has 164 valence electrons. The van der Waals surface area contributed by atoms with E-state index in [-0.39, 0.29) is 24.4 Å². The van der Waals surface area contributed by atoms with Gasteiger partial charge in [0, 0.05) is 30.4 Å². The van der Waals surface area contributed by atoms with E-state index < -0.39 is 17.8 Å². The summed E-state index contributed by atoms with van der Waals surface area (Å²) in [6, 6.07) is 11.7. The van der Waals surface area contributed by atoms with E-state index in [1.165, 1.54) is 12.1 Å². The summed E-state index contributed by atoms with van der Waals surface area (Å²) in [5.74, 6) is -0.443. The molecule has 2 aromatic rings. The third kappa shape index (κ3) is 5.25. The molecule has 2 fully saturated rings. The summed E-state index contributed by atoms with van der Waals surface area (Å²) in [4.78, 5) is 27.1. The third-order valence-corrected chi connectivity index (χ3v) is 5.48. The van der Waals surface area contributed by atoms with Gasteiger partial charge in [0.15, 0.2) is 0 Å². The highest BCUT2D eigenvalue weighted by Crippen LogP contribution is 2.32. The lowest BCUT2D eigenvalue weighted by molar-refractivity contribution is -0.137. The van der Waals surface area contributed by atoms with Crippen molar-refractivity contribution < 1.29 is 27.5 Å². The van der Waals surface area contributed by atoms with Crippen LogP contribution < -0.4 is 5.32 Å². The molecule has 1 unspecified atom stereocenters. The minimum atomic E-state index is -4.39. The molecule has 1 N–H and O–H groups in total. The lowest BCUT2D eigenvalue weighted by Gasteiger charge is -2.23. The van der Waals surface area contributed by atoms with Crippen LogP contribution in [0.1, 0.15) is 47.2 Å². The van der Waals surface area contributed by atoms with Crippen molar-refractivity contribution in [1.29, 1.82) is 0 Å². The summed E-state index contributed by atoms with van der Waals surface area (Å²) < 4.78 is 43.8. The number of ether oxygens (including phenoxy) is 1. The SMILES string of the molecule is O=C(Nc1cccc(C(=O)N(Cc2ccc(C(F)(F)F)cc2)C2CC2)c1)C1CCCO1. The van der Waals surface area contributed by atoms with E-state index >= 15 is 0 Å². The maximum absolute atomic E-state index is 13.2. The van der Waals surface area contributed by atoms with Crippen LogP contribution in [-0.4, -0.2) is 35.5 Å². The van der Waals surface area contributed by atoms with Crippen molar-refractivity contribution in [2.75, 3.05) is 11.9 Å². The van der Waals surface area contributed by atoms with E-state index in [9.17, 15) is 22.8 Å². The van der Waals surface area contributed by atoms with E-state index in [0.29, 0.717) is 29.8 Å². The second-order valence-electron chi connectivity index (χ2n) is 7.93. The molecular formula is C23H23F3N2O3. The zero-order valence-corrected chi connectivity index (χ0v) is 16.8. The monoisotopic (exact) mass is 432 g/mol. The number of rotatable bonds is 6. The van der Waals surface area contributed by atoms with Gasteiger partial charge in [-0.1, -0.05) is 18.2 Å². The Balaban J connectivity index is 1.46. The number of hydrogen-bond donors (Lipinski definition) is 1. The highest BCUT2D eigenvalue weighted by Gasteiger charge is 2.34. The molecule has 1 aliphatic carbocycles. The molecule has 8 heteroatoms.